The van der Waals surface area contributed by atoms with Crippen molar-refractivity contribution in [1.82, 2.24) is 15.1 Å². The number of aromatic nitrogens is 3. The summed E-state index contributed by atoms with van der Waals surface area (Å²) < 4.78 is 9.73. The Morgan fingerprint density at radius 1 is 1.32 bits per heavy atom. The Balaban J connectivity index is 2.08. The number of ether oxygens (including phenoxy) is 1. The number of carbonyl (C=O) groups is 1. The number of aryl methyl sites for hydroxylation is 1. The van der Waals surface area contributed by atoms with Gasteiger partial charge in [-0.1, -0.05) is 17.3 Å². The summed E-state index contributed by atoms with van der Waals surface area (Å²) in [5.74, 6) is 0.145. The zero-order chi connectivity index (χ0) is 20.3. The topological polar surface area (TPSA) is 137 Å². The molecule has 0 radical (unpaired) electrons. The van der Waals surface area contributed by atoms with Crippen molar-refractivity contribution in [2.24, 2.45) is 0 Å². The second-order valence-electron chi connectivity index (χ2n) is 5.67. The molecule has 0 saturated carbocycles. The van der Waals surface area contributed by atoms with Crippen LogP contribution in [-0.4, -0.2) is 40.2 Å². The first-order valence-corrected chi connectivity index (χ1v) is 8.03. The molecule has 0 aliphatic carbocycles. The Hall–Kier alpha value is -4.02. The van der Waals surface area contributed by atoms with Crippen LogP contribution in [0, 0.1) is 17.0 Å². The van der Waals surface area contributed by atoms with Crippen LogP contribution in [0.3, 0.4) is 0 Å². The predicted octanol–water partition coefficient (Wildman–Crippen LogP) is 2.98. The maximum atomic E-state index is 12.1. The molecule has 11 nitrogen and oxygen atoms in total. The molecule has 0 spiro atoms. The van der Waals surface area contributed by atoms with E-state index in [1.165, 1.54) is 18.3 Å². The molecule has 3 aromatic rings. The zero-order valence-corrected chi connectivity index (χ0v) is 15.2. The summed E-state index contributed by atoms with van der Waals surface area (Å²) in [5.41, 5.74) is 0.242. The van der Waals surface area contributed by atoms with Gasteiger partial charge in [-0.2, -0.15) is 0 Å². The normalized spacial score (nSPS) is 10.4. The van der Waals surface area contributed by atoms with E-state index in [2.05, 4.69) is 20.4 Å². The number of benzene rings is 1. The van der Waals surface area contributed by atoms with Gasteiger partial charge in [-0.3, -0.25) is 10.1 Å². The number of nitro groups is 1. The molecule has 2 aromatic heterocycles. The van der Waals surface area contributed by atoms with Crippen LogP contribution in [0.1, 0.15) is 16.1 Å². The van der Waals surface area contributed by atoms with E-state index in [-0.39, 0.29) is 28.7 Å². The second kappa shape index (κ2) is 7.70. The zero-order valence-electron chi connectivity index (χ0n) is 15.2. The van der Waals surface area contributed by atoms with Crippen molar-refractivity contribution in [3.63, 3.8) is 0 Å². The summed E-state index contributed by atoms with van der Waals surface area (Å²) in [7, 11) is 2.81. The Bertz CT molecular complexity index is 1030. The lowest BCUT2D eigenvalue weighted by molar-refractivity contribution is -0.383. The van der Waals surface area contributed by atoms with Crippen molar-refractivity contribution in [3.8, 4) is 0 Å². The van der Waals surface area contributed by atoms with E-state index in [0.29, 0.717) is 11.4 Å². The molecule has 0 aliphatic heterocycles. The fourth-order valence-electron chi connectivity index (χ4n) is 2.58. The first-order chi connectivity index (χ1) is 13.4. The standard InChI is InChI=1S/C17H16N6O5/c1-10-8-13(21-28-10)20-15-14(23(25)26)16(19-9-18-15)22(2)12-7-5-4-6-11(12)17(24)27-3/h4-9H,1-3H3,(H,18,19,20,21). The monoisotopic (exact) mass is 384 g/mol. The van der Waals surface area contributed by atoms with Crippen LogP contribution in [0.2, 0.25) is 0 Å². The number of rotatable bonds is 6. The highest BCUT2D eigenvalue weighted by Crippen LogP contribution is 2.37. The van der Waals surface area contributed by atoms with Crippen molar-refractivity contribution >= 4 is 34.8 Å². The maximum absolute atomic E-state index is 12.1. The van der Waals surface area contributed by atoms with Gasteiger partial charge in [0.05, 0.1) is 23.3 Å². The van der Waals surface area contributed by atoms with Crippen LogP contribution in [0.15, 0.2) is 41.2 Å². The highest BCUT2D eigenvalue weighted by atomic mass is 16.6. The van der Waals surface area contributed by atoms with Gasteiger partial charge >= 0.3 is 11.7 Å². The lowest BCUT2D eigenvalue weighted by atomic mass is 10.1. The molecule has 2 heterocycles. The number of esters is 1. The minimum absolute atomic E-state index is 0.0148. The molecule has 11 heteroatoms. The lowest BCUT2D eigenvalue weighted by Crippen LogP contribution is -2.18. The predicted molar refractivity (Wildman–Crippen MR) is 99.1 cm³/mol. The number of hydrogen-bond donors (Lipinski definition) is 1. The number of para-hydroxylation sites is 1. The van der Waals surface area contributed by atoms with E-state index in [1.807, 2.05) is 0 Å². The van der Waals surface area contributed by atoms with Gasteiger partial charge in [0.15, 0.2) is 5.82 Å². The van der Waals surface area contributed by atoms with E-state index < -0.39 is 10.9 Å². The molecule has 0 atom stereocenters. The van der Waals surface area contributed by atoms with Gasteiger partial charge in [-0.25, -0.2) is 14.8 Å². The Labute approximate surface area is 159 Å². The van der Waals surface area contributed by atoms with Gasteiger partial charge in [0.25, 0.3) is 0 Å². The Morgan fingerprint density at radius 2 is 2.07 bits per heavy atom. The molecule has 0 unspecified atom stereocenters. The summed E-state index contributed by atoms with van der Waals surface area (Å²) in [6.45, 7) is 1.69. The number of nitrogens with zero attached hydrogens (tertiary/aromatic N) is 5. The van der Waals surface area contributed by atoms with E-state index in [0.717, 1.165) is 0 Å². The number of hydrogen-bond acceptors (Lipinski definition) is 10. The Kier molecular flexibility index (Phi) is 5.16. The summed E-state index contributed by atoms with van der Waals surface area (Å²) in [6.07, 6.45) is 1.18. The first kappa shape index (κ1) is 18.8. The quantitative estimate of drug-likeness (QED) is 0.383. The summed E-state index contributed by atoms with van der Waals surface area (Å²) >= 11 is 0. The average Bonchev–Trinajstić information content (AvgIpc) is 3.11. The van der Waals surface area contributed by atoms with E-state index >= 15 is 0 Å². The third-order valence-corrected chi connectivity index (χ3v) is 3.85. The van der Waals surface area contributed by atoms with Crippen molar-refractivity contribution in [2.45, 2.75) is 6.92 Å². The maximum Gasteiger partial charge on any atom is 0.354 e. The molecular weight excluding hydrogens is 368 g/mol. The fourth-order valence-corrected chi connectivity index (χ4v) is 2.58. The minimum atomic E-state index is -0.609. The summed E-state index contributed by atoms with van der Waals surface area (Å²) in [4.78, 5) is 32.6. The highest BCUT2D eigenvalue weighted by molar-refractivity contribution is 5.97. The molecule has 0 amide bonds. The van der Waals surface area contributed by atoms with Crippen LogP contribution < -0.4 is 10.2 Å². The summed E-state index contributed by atoms with van der Waals surface area (Å²) in [5, 5.41) is 18.3. The number of nitrogens with one attached hydrogen (secondary N) is 1. The van der Waals surface area contributed by atoms with Crippen LogP contribution in [0.4, 0.5) is 28.8 Å². The van der Waals surface area contributed by atoms with Crippen molar-refractivity contribution in [1.29, 1.82) is 0 Å². The number of carbonyl (C=O) groups excluding carboxylic acids is 1. The Morgan fingerprint density at radius 3 is 2.71 bits per heavy atom. The number of anilines is 4. The molecule has 0 fully saturated rings. The summed E-state index contributed by atoms with van der Waals surface area (Å²) in [6, 6.07) is 8.12. The van der Waals surface area contributed by atoms with Crippen LogP contribution in [0.25, 0.3) is 0 Å². The third kappa shape index (κ3) is 3.58. The van der Waals surface area contributed by atoms with Gasteiger partial charge in [0.2, 0.25) is 11.6 Å². The first-order valence-electron chi connectivity index (χ1n) is 8.03. The average molecular weight is 384 g/mol. The van der Waals surface area contributed by atoms with E-state index in [4.69, 9.17) is 9.26 Å². The van der Waals surface area contributed by atoms with Crippen molar-refractivity contribution in [2.75, 3.05) is 24.4 Å². The molecule has 0 bridgehead atoms. The van der Waals surface area contributed by atoms with Gasteiger partial charge in [0, 0.05) is 13.1 Å². The number of methoxy groups -OCH3 is 1. The highest BCUT2D eigenvalue weighted by Gasteiger charge is 2.28. The van der Waals surface area contributed by atoms with Crippen LogP contribution >= 0.6 is 0 Å². The second-order valence-corrected chi connectivity index (χ2v) is 5.67. The molecular formula is C17H16N6O5. The third-order valence-electron chi connectivity index (χ3n) is 3.85. The van der Waals surface area contributed by atoms with Gasteiger partial charge in [-0.05, 0) is 19.1 Å². The fraction of sp³-hybridized carbons (Fsp3) is 0.176. The smallest absolute Gasteiger partial charge is 0.354 e. The van der Waals surface area contributed by atoms with Crippen molar-refractivity contribution < 1.29 is 19.0 Å². The lowest BCUT2D eigenvalue weighted by Gasteiger charge is -2.20. The van der Waals surface area contributed by atoms with Gasteiger partial charge in [0.1, 0.15) is 12.1 Å². The van der Waals surface area contributed by atoms with E-state index in [9.17, 15) is 14.9 Å². The molecule has 1 aromatic carbocycles. The van der Waals surface area contributed by atoms with Crippen LogP contribution in [0.5, 0.6) is 0 Å². The molecule has 0 saturated heterocycles. The molecule has 0 aliphatic rings. The molecule has 28 heavy (non-hydrogen) atoms. The van der Waals surface area contributed by atoms with Gasteiger partial charge < -0.3 is 19.5 Å². The largest absolute Gasteiger partial charge is 0.465 e. The molecule has 1 N–H and O–H groups in total. The van der Waals surface area contributed by atoms with Crippen molar-refractivity contribution in [3.05, 3.63) is 58.1 Å². The minimum Gasteiger partial charge on any atom is -0.465 e. The SMILES string of the molecule is COC(=O)c1ccccc1N(C)c1ncnc(Nc2cc(C)on2)c1[N+](=O)[O-]. The molecule has 3 rings (SSSR count). The molecule has 144 valence electrons. The van der Waals surface area contributed by atoms with Gasteiger partial charge in [-0.15, -0.1) is 0 Å². The van der Waals surface area contributed by atoms with Crippen LogP contribution in [-0.2, 0) is 4.74 Å². The van der Waals surface area contributed by atoms with E-state index in [1.54, 1.807) is 44.3 Å².